The predicted molar refractivity (Wildman–Crippen MR) is 346 cm³/mol. The molecule has 0 aliphatic carbocycles. The van der Waals surface area contributed by atoms with Crippen molar-refractivity contribution < 1.29 is 69.0 Å². The van der Waals surface area contributed by atoms with E-state index in [4.69, 9.17) is 39.3 Å². The van der Waals surface area contributed by atoms with Gasteiger partial charge < -0.3 is 74.8 Å². The topological polar surface area (TPSA) is 256 Å². The lowest BCUT2D eigenvalue weighted by molar-refractivity contribution is -0.217. The number of nitrogens with two attached hydrogens (primary N) is 1. The number of para-hydroxylation sites is 1. The molecule has 0 bridgehead atoms. The van der Waals surface area contributed by atoms with Gasteiger partial charge in [-0.2, -0.15) is 0 Å². The first kappa shape index (κ1) is 80.5. The van der Waals surface area contributed by atoms with Gasteiger partial charge in [-0.1, -0.05) is 160 Å². The zero-order chi connectivity index (χ0) is 63.3. The number of aliphatic hydroxyl groups is 7. The molecule has 0 radical (unpaired) electrons. The molecule has 20 atom stereocenters. The van der Waals surface area contributed by atoms with Crippen molar-refractivity contribution in [1.82, 2.24) is 9.88 Å². The highest BCUT2D eigenvalue weighted by Gasteiger charge is 2.47. The zero-order valence-corrected chi connectivity index (χ0v) is 54.1. The maximum absolute atomic E-state index is 11.9. The van der Waals surface area contributed by atoms with Gasteiger partial charge in [-0.25, -0.2) is 4.79 Å². The number of likely N-dealkylation sites (N-methyl/N-ethyl adjacent to an activating group) is 1. The molecule has 496 valence electrons. The van der Waals surface area contributed by atoms with Crippen LogP contribution in [0.5, 0.6) is 0 Å². The number of pyridine rings is 1. The Morgan fingerprint density at radius 1 is 0.686 bits per heavy atom. The standard InChI is InChI=1S/C23H32N2O3.C17H24O5.C10H21NO3.C10H20O2.C7H16O.2CH4/c1-15(2)22-21(26)20(25(4)5)23(16(3)28-22)27-12-8-9-17-13-18-10-6-7-11-19(18)24-14-17;1-10(2)16-15(19)11(3)14(18)13(22-16)9-21-17(20)12-7-5-4-6-8-12;1-5(2)10-9(13)6(3)8(12)7(4-11)14-10;1-6(2)10-9(11)7(3)5-8(4)12-10;1-4-7(8)5-6(2)3;;/h6-11,13-16,20-23,26H,12H2,1-5H3;4-8,10-11,13-16,18-19H,9H2,1-3H3;5-10,12-13H,4,11H2,1-3H3;6-11H,5H2,1-4H3;6-8H,4-5H2,1-3H3;2*1H4/b9-8+;;;;;;/t16-,20-,21-,22+,23-;11-,13+,14-,15+,16-;6-,7+,8-,9+,10-;7-,8+,9+,10-;;;/m1000.../s1. The van der Waals surface area contributed by atoms with Crippen LogP contribution in [-0.2, 0) is 28.4 Å². The van der Waals surface area contributed by atoms with E-state index in [1.165, 1.54) is 0 Å². The van der Waals surface area contributed by atoms with Crippen molar-refractivity contribution in [2.45, 2.75) is 249 Å². The summed E-state index contributed by atoms with van der Waals surface area (Å²) in [5.74, 6) is 1.05. The fraction of sp³-hybridized carbons (Fsp3) is 0.739. The van der Waals surface area contributed by atoms with Gasteiger partial charge >= 0.3 is 5.97 Å². The average molecular weight is 1220 g/mol. The van der Waals surface area contributed by atoms with Crippen molar-refractivity contribution in [1.29, 1.82) is 0 Å². The Morgan fingerprint density at radius 2 is 1.19 bits per heavy atom. The number of hydrogen-bond acceptors (Lipinski definition) is 17. The number of carbonyl (C=O) groups is 1. The Balaban J connectivity index is 0.000000569. The van der Waals surface area contributed by atoms with Gasteiger partial charge in [0, 0.05) is 30.0 Å². The number of rotatable bonds is 16. The van der Waals surface area contributed by atoms with E-state index in [9.17, 15) is 35.4 Å². The first-order chi connectivity index (χ1) is 39.5. The molecule has 4 aliphatic rings. The molecule has 7 rings (SSSR count). The van der Waals surface area contributed by atoms with Gasteiger partial charge in [0.25, 0.3) is 0 Å². The molecule has 1 aromatic heterocycles. The van der Waals surface area contributed by atoms with Crippen molar-refractivity contribution in [2.24, 2.45) is 53.1 Å². The summed E-state index contributed by atoms with van der Waals surface area (Å²) >= 11 is 0. The number of benzene rings is 2. The van der Waals surface area contributed by atoms with Gasteiger partial charge in [-0.05, 0) is 113 Å². The van der Waals surface area contributed by atoms with Crippen LogP contribution >= 0.6 is 0 Å². The number of nitrogens with zero attached hydrogens (tertiary/aromatic N) is 2. The predicted octanol–water partition coefficient (Wildman–Crippen LogP) is 9.61. The molecular formula is C69H121N3O14. The third kappa shape index (κ3) is 24.4. The number of ether oxygens (including phenoxy) is 6. The molecule has 5 heterocycles. The molecule has 17 nitrogen and oxygen atoms in total. The first-order valence-corrected chi connectivity index (χ1v) is 31.1. The molecule has 4 aliphatic heterocycles. The third-order valence-electron chi connectivity index (χ3n) is 16.5. The Labute approximate surface area is 519 Å². The first-order valence-electron chi connectivity index (χ1n) is 31.1. The molecule has 9 N–H and O–H groups in total. The number of esters is 1. The maximum Gasteiger partial charge on any atom is 0.338 e. The summed E-state index contributed by atoms with van der Waals surface area (Å²) < 4.78 is 34.5. The number of aliphatic hydroxyl groups excluding tert-OH is 7. The minimum Gasteiger partial charge on any atom is -0.459 e. The average Bonchev–Trinajstić information content (AvgIpc) is 2.15. The molecule has 3 aromatic rings. The van der Waals surface area contributed by atoms with Crippen molar-refractivity contribution in [3.63, 3.8) is 0 Å². The Hall–Kier alpha value is -3.50. The van der Waals surface area contributed by atoms with Gasteiger partial charge in [0.05, 0.1) is 109 Å². The zero-order valence-electron chi connectivity index (χ0n) is 54.1. The summed E-state index contributed by atoms with van der Waals surface area (Å²) in [6.45, 7) is 33.0. The van der Waals surface area contributed by atoms with Crippen molar-refractivity contribution >= 4 is 22.9 Å². The molecule has 17 heteroatoms. The molecule has 4 fully saturated rings. The summed E-state index contributed by atoms with van der Waals surface area (Å²) in [7, 11) is 3.96. The van der Waals surface area contributed by atoms with Crippen LogP contribution in [0.1, 0.15) is 161 Å². The molecular weight excluding hydrogens is 1090 g/mol. The lowest BCUT2D eigenvalue weighted by Gasteiger charge is -2.47. The smallest absolute Gasteiger partial charge is 0.338 e. The van der Waals surface area contributed by atoms with E-state index in [2.05, 4.69) is 72.5 Å². The molecule has 0 saturated carbocycles. The Bertz CT molecular complexity index is 2300. The number of hydrogen-bond donors (Lipinski definition) is 8. The fourth-order valence-electron chi connectivity index (χ4n) is 11.3. The fourth-order valence-corrected chi connectivity index (χ4v) is 11.3. The third-order valence-corrected chi connectivity index (χ3v) is 16.5. The van der Waals surface area contributed by atoms with E-state index in [0.29, 0.717) is 42.6 Å². The largest absolute Gasteiger partial charge is 0.459 e. The van der Waals surface area contributed by atoms with Crippen LogP contribution in [0.2, 0.25) is 0 Å². The maximum atomic E-state index is 11.9. The van der Waals surface area contributed by atoms with E-state index < -0.39 is 42.6 Å². The molecule has 0 spiro atoms. The van der Waals surface area contributed by atoms with Crippen LogP contribution in [0, 0.1) is 47.3 Å². The van der Waals surface area contributed by atoms with Gasteiger partial charge in [0.15, 0.2) is 0 Å². The highest BCUT2D eigenvalue weighted by atomic mass is 16.6. The van der Waals surface area contributed by atoms with Crippen molar-refractivity contribution in [3.05, 3.63) is 84.1 Å². The van der Waals surface area contributed by atoms with Crippen molar-refractivity contribution in [3.8, 4) is 0 Å². The van der Waals surface area contributed by atoms with Gasteiger partial charge in [0.2, 0.25) is 0 Å². The Morgan fingerprint density at radius 3 is 1.69 bits per heavy atom. The molecule has 1 unspecified atom stereocenters. The van der Waals surface area contributed by atoms with E-state index in [1.807, 2.05) is 110 Å². The second-order valence-electron chi connectivity index (χ2n) is 25.9. The summed E-state index contributed by atoms with van der Waals surface area (Å²) in [4.78, 5) is 18.5. The number of carbonyl (C=O) groups excluding carboxylic acids is 1. The van der Waals surface area contributed by atoms with Crippen LogP contribution in [0.25, 0.3) is 17.0 Å². The van der Waals surface area contributed by atoms with Crippen molar-refractivity contribution in [2.75, 3.05) is 33.9 Å². The number of aromatic nitrogens is 1. The lowest BCUT2D eigenvalue weighted by atomic mass is 9.84. The van der Waals surface area contributed by atoms with Crippen LogP contribution in [0.4, 0.5) is 0 Å². The normalized spacial score (nSPS) is 32.2. The van der Waals surface area contributed by atoms with Crippen LogP contribution in [0.3, 0.4) is 0 Å². The second-order valence-corrected chi connectivity index (χ2v) is 25.9. The quantitative estimate of drug-likeness (QED) is 0.0621. The molecule has 0 amide bonds. The van der Waals surface area contributed by atoms with E-state index in [1.54, 1.807) is 31.2 Å². The van der Waals surface area contributed by atoms with Gasteiger partial charge in [0.1, 0.15) is 18.8 Å². The van der Waals surface area contributed by atoms with E-state index in [-0.39, 0.29) is 112 Å². The summed E-state index contributed by atoms with van der Waals surface area (Å²) in [5.41, 5.74) is 7.99. The molecule has 86 heavy (non-hydrogen) atoms. The second kappa shape index (κ2) is 39.6. The lowest BCUT2D eigenvalue weighted by Crippen LogP contribution is -2.63. The Kier molecular flexibility index (Phi) is 37.1. The van der Waals surface area contributed by atoms with E-state index >= 15 is 0 Å². The highest BCUT2D eigenvalue weighted by Crippen LogP contribution is 2.33. The van der Waals surface area contributed by atoms with Gasteiger partial charge in [-0.3, -0.25) is 4.98 Å². The highest BCUT2D eigenvalue weighted by molar-refractivity contribution is 5.89. The monoisotopic (exact) mass is 1220 g/mol. The molecule has 4 saturated heterocycles. The van der Waals surface area contributed by atoms with Crippen LogP contribution in [0.15, 0.2) is 72.9 Å². The minimum atomic E-state index is -0.867. The summed E-state index contributed by atoms with van der Waals surface area (Å²) in [5, 5.41) is 70.8. The number of fused-ring (bicyclic) bond motifs is 1. The van der Waals surface area contributed by atoms with Gasteiger partial charge in [-0.15, -0.1) is 0 Å². The summed E-state index contributed by atoms with van der Waals surface area (Å²) in [6.07, 6.45) is 3.20. The minimum absolute atomic E-state index is 0. The van der Waals surface area contributed by atoms with E-state index in [0.717, 1.165) is 35.7 Å². The SMILES string of the molecule is C.C.CC(C)[C@@H]1O[C@H](C)C[C@H](C)[C@H]1O.CC(C)[C@@H]1O[C@H](C)[C@@H](OC/C=C/c2cnc3ccccc3c2)[C@H](N(C)C)[C@H]1O.CC(C)[C@@H]1O[C@H](CN)[C@@H](O)[C@H](C)[C@H]1O.CC(C)[C@@H]1O[C@H](COC(=O)c2ccccc2)[C@@H](O)[C@H](C)[C@H]1O.CCC(O)CC(C)C. The summed E-state index contributed by atoms with van der Waals surface area (Å²) in [6, 6.07) is 18.8. The molecule has 2 aromatic carbocycles. The van der Waals surface area contributed by atoms with Crippen LogP contribution in [-0.4, -0.2) is 189 Å². The van der Waals surface area contributed by atoms with Crippen LogP contribution < -0.4 is 5.73 Å².